The van der Waals surface area contributed by atoms with E-state index < -0.39 is 0 Å². The molecular weight excluding hydrogens is 164 g/mol. The molecule has 1 aromatic heterocycles. The van der Waals surface area contributed by atoms with Crippen LogP contribution in [-0.2, 0) is 0 Å². The molecule has 3 nitrogen and oxygen atoms in total. The second-order valence-electron chi connectivity index (χ2n) is 2.76. The summed E-state index contributed by atoms with van der Waals surface area (Å²) < 4.78 is 5.19. The van der Waals surface area contributed by atoms with Gasteiger partial charge < -0.3 is 10.5 Å². The van der Waals surface area contributed by atoms with E-state index in [1.165, 1.54) is 0 Å². The minimum Gasteiger partial charge on any atom is -0.496 e. The molecule has 0 saturated heterocycles. The van der Waals surface area contributed by atoms with Crippen LogP contribution in [-0.4, -0.2) is 12.1 Å². The predicted molar refractivity (Wildman–Crippen MR) is 52.7 cm³/mol. The van der Waals surface area contributed by atoms with E-state index in [1.807, 2.05) is 24.3 Å². The van der Waals surface area contributed by atoms with Gasteiger partial charge in [0.2, 0.25) is 0 Å². The Balaban J connectivity index is 2.77. The van der Waals surface area contributed by atoms with Gasteiger partial charge in [-0.05, 0) is 24.3 Å². The van der Waals surface area contributed by atoms with Crippen LogP contribution < -0.4 is 10.5 Å². The summed E-state index contributed by atoms with van der Waals surface area (Å²) in [6, 6.07) is 9.39. The zero-order valence-corrected chi connectivity index (χ0v) is 7.32. The summed E-state index contributed by atoms with van der Waals surface area (Å²) in [5, 5.41) is 0.985. The Morgan fingerprint density at radius 3 is 2.85 bits per heavy atom. The van der Waals surface area contributed by atoms with Crippen LogP contribution in [0.1, 0.15) is 0 Å². The second-order valence-corrected chi connectivity index (χ2v) is 2.76. The first kappa shape index (κ1) is 7.86. The third kappa shape index (κ3) is 1.28. The highest BCUT2D eigenvalue weighted by Crippen LogP contribution is 2.24. The van der Waals surface area contributed by atoms with Crippen LogP contribution in [0.3, 0.4) is 0 Å². The van der Waals surface area contributed by atoms with Gasteiger partial charge in [-0.1, -0.05) is 6.07 Å². The Hall–Kier alpha value is -1.77. The number of pyridine rings is 1. The van der Waals surface area contributed by atoms with Gasteiger partial charge in [0.05, 0.1) is 12.6 Å². The number of nitrogens with two attached hydrogens (primary N) is 1. The lowest BCUT2D eigenvalue weighted by molar-refractivity contribution is 0.420. The van der Waals surface area contributed by atoms with Crippen LogP contribution in [0, 0.1) is 0 Å². The van der Waals surface area contributed by atoms with Crippen molar-refractivity contribution >= 4 is 16.7 Å². The summed E-state index contributed by atoms with van der Waals surface area (Å²) in [6.45, 7) is 0. The fourth-order valence-corrected chi connectivity index (χ4v) is 1.32. The van der Waals surface area contributed by atoms with Crippen molar-refractivity contribution in [3.8, 4) is 5.75 Å². The molecule has 0 atom stereocenters. The molecule has 2 aromatic rings. The number of methoxy groups -OCH3 is 1. The lowest BCUT2D eigenvalue weighted by Crippen LogP contribution is -1.91. The highest BCUT2D eigenvalue weighted by atomic mass is 16.5. The molecule has 0 amide bonds. The van der Waals surface area contributed by atoms with Crippen LogP contribution in [0.25, 0.3) is 10.9 Å². The van der Waals surface area contributed by atoms with Crippen molar-refractivity contribution in [2.45, 2.75) is 0 Å². The van der Waals surface area contributed by atoms with Crippen molar-refractivity contribution in [3.05, 3.63) is 30.3 Å². The predicted octanol–water partition coefficient (Wildman–Crippen LogP) is 1.83. The van der Waals surface area contributed by atoms with Crippen molar-refractivity contribution in [3.63, 3.8) is 0 Å². The standard InChI is InChI=1S/C10H10N2O/c1-13-9-4-2-3-8-7(9)5-6-10(11)12-8/h2-6H,1H3,(H2,11,12). The highest BCUT2D eigenvalue weighted by Gasteiger charge is 2.00. The maximum Gasteiger partial charge on any atom is 0.128 e. The van der Waals surface area contributed by atoms with Gasteiger partial charge in [-0.15, -0.1) is 0 Å². The third-order valence-electron chi connectivity index (χ3n) is 1.93. The fourth-order valence-electron chi connectivity index (χ4n) is 1.32. The number of nitrogens with zero attached hydrogens (tertiary/aromatic N) is 1. The van der Waals surface area contributed by atoms with Gasteiger partial charge in [0.25, 0.3) is 0 Å². The van der Waals surface area contributed by atoms with Crippen molar-refractivity contribution < 1.29 is 4.74 Å². The third-order valence-corrected chi connectivity index (χ3v) is 1.93. The topological polar surface area (TPSA) is 48.1 Å². The lowest BCUT2D eigenvalue weighted by atomic mass is 10.2. The van der Waals surface area contributed by atoms with Gasteiger partial charge in [-0.25, -0.2) is 4.98 Å². The van der Waals surface area contributed by atoms with Gasteiger partial charge in [0.15, 0.2) is 0 Å². The number of benzene rings is 1. The van der Waals surface area contributed by atoms with Gasteiger partial charge >= 0.3 is 0 Å². The van der Waals surface area contributed by atoms with E-state index in [2.05, 4.69) is 4.98 Å². The monoisotopic (exact) mass is 174 g/mol. The quantitative estimate of drug-likeness (QED) is 0.717. The SMILES string of the molecule is COc1cccc2nc(N)ccc12. The Labute approximate surface area is 76.2 Å². The molecule has 13 heavy (non-hydrogen) atoms. The number of hydrogen-bond acceptors (Lipinski definition) is 3. The minimum atomic E-state index is 0.528. The molecule has 0 unspecified atom stereocenters. The molecule has 1 heterocycles. The summed E-state index contributed by atoms with van der Waals surface area (Å²) in [5.74, 6) is 1.35. The van der Waals surface area contributed by atoms with Crippen LogP contribution in [0.4, 0.5) is 5.82 Å². The average Bonchev–Trinajstić information content (AvgIpc) is 2.16. The molecule has 2 rings (SSSR count). The Bertz CT molecular complexity index is 440. The van der Waals surface area contributed by atoms with E-state index in [0.717, 1.165) is 16.7 Å². The first-order valence-corrected chi connectivity index (χ1v) is 4.00. The number of nitrogen functional groups attached to an aromatic ring is 1. The van der Waals surface area contributed by atoms with Crippen molar-refractivity contribution in [2.24, 2.45) is 0 Å². The number of hydrogen-bond donors (Lipinski definition) is 1. The first-order valence-electron chi connectivity index (χ1n) is 4.00. The maximum atomic E-state index is 5.56. The summed E-state index contributed by atoms with van der Waals surface area (Å²) in [7, 11) is 1.64. The number of anilines is 1. The van der Waals surface area contributed by atoms with Crippen LogP contribution >= 0.6 is 0 Å². The molecule has 0 aliphatic carbocycles. The molecule has 66 valence electrons. The number of fused-ring (bicyclic) bond motifs is 1. The van der Waals surface area contributed by atoms with E-state index in [-0.39, 0.29) is 0 Å². The normalized spacial score (nSPS) is 10.2. The summed E-state index contributed by atoms with van der Waals surface area (Å²) in [4.78, 5) is 4.18. The molecule has 0 spiro atoms. The van der Waals surface area contributed by atoms with Gasteiger partial charge in [0, 0.05) is 5.39 Å². The number of aromatic nitrogens is 1. The molecule has 0 aliphatic rings. The summed E-state index contributed by atoms with van der Waals surface area (Å²) in [6.07, 6.45) is 0. The molecule has 0 fully saturated rings. The molecule has 1 aromatic carbocycles. The Kier molecular flexibility index (Phi) is 1.77. The van der Waals surface area contributed by atoms with Gasteiger partial charge in [0.1, 0.15) is 11.6 Å². The van der Waals surface area contributed by atoms with E-state index in [4.69, 9.17) is 10.5 Å². The molecule has 0 bridgehead atoms. The van der Waals surface area contributed by atoms with Crippen LogP contribution in [0.15, 0.2) is 30.3 Å². The van der Waals surface area contributed by atoms with Crippen molar-refractivity contribution in [1.29, 1.82) is 0 Å². The minimum absolute atomic E-state index is 0.528. The zero-order chi connectivity index (χ0) is 9.26. The molecule has 3 heteroatoms. The van der Waals surface area contributed by atoms with Crippen LogP contribution in [0.2, 0.25) is 0 Å². The maximum absolute atomic E-state index is 5.56. The molecule has 0 radical (unpaired) electrons. The van der Waals surface area contributed by atoms with E-state index >= 15 is 0 Å². The Morgan fingerprint density at radius 1 is 1.23 bits per heavy atom. The largest absolute Gasteiger partial charge is 0.496 e. The molecule has 2 N–H and O–H groups in total. The molecule has 0 saturated carbocycles. The second kappa shape index (κ2) is 2.94. The van der Waals surface area contributed by atoms with E-state index in [1.54, 1.807) is 13.2 Å². The first-order chi connectivity index (χ1) is 6.31. The highest BCUT2D eigenvalue weighted by molar-refractivity contribution is 5.86. The van der Waals surface area contributed by atoms with Gasteiger partial charge in [-0.2, -0.15) is 0 Å². The lowest BCUT2D eigenvalue weighted by Gasteiger charge is -2.04. The Morgan fingerprint density at radius 2 is 2.08 bits per heavy atom. The average molecular weight is 174 g/mol. The van der Waals surface area contributed by atoms with Crippen LogP contribution in [0.5, 0.6) is 5.75 Å². The van der Waals surface area contributed by atoms with E-state index in [9.17, 15) is 0 Å². The van der Waals surface area contributed by atoms with Crippen molar-refractivity contribution in [2.75, 3.05) is 12.8 Å². The fraction of sp³-hybridized carbons (Fsp3) is 0.100. The molecular formula is C10H10N2O. The number of ether oxygens (including phenoxy) is 1. The zero-order valence-electron chi connectivity index (χ0n) is 7.32. The summed E-state index contributed by atoms with van der Waals surface area (Å²) in [5.41, 5.74) is 6.42. The van der Waals surface area contributed by atoms with Crippen molar-refractivity contribution in [1.82, 2.24) is 4.98 Å². The molecule has 0 aliphatic heterocycles. The van der Waals surface area contributed by atoms with E-state index in [0.29, 0.717) is 5.82 Å². The summed E-state index contributed by atoms with van der Waals surface area (Å²) >= 11 is 0. The smallest absolute Gasteiger partial charge is 0.128 e. The van der Waals surface area contributed by atoms with Gasteiger partial charge in [-0.3, -0.25) is 0 Å². The number of rotatable bonds is 1.